The summed E-state index contributed by atoms with van der Waals surface area (Å²) in [6.07, 6.45) is 1.56. The lowest BCUT2D eigenvalue weighted by Gasteiger charge is -2.27. The molecule has 0 saturated carbocycles. The predicted octanol–water partition coefficient (Wildman–Crippen LogP) is 0.878. The molecule has 1 aliphatic rings. The molecular weight excluding hydrogens is 358 g/mol. The summed E-state index contributed by atoms with van der Waals surface area (Å²) in [5.41, 5.74) is 0.739. The Morgan fingerprint density at radius 3 is 2.58 bits per heavy atom. The minimum Gasteiger partial charge on any atom is -0.496 e. The minimum atomic E-state index is -3.48. The second-order valence-corrected chi connectivity index (χ2v) is 8.24. The zero-order valence-electron chi connectivity index (χ0n) is 14.5. The minimum absolute atomic E-state index is 0.139. The number of carbonyl (C=O) groups excluding carboxylic acids is 2. The van der Waals surface area contributed by atoms with E-state index in [2.05, 4.69) is 4.98 Å². The number of benzene rings is 1. The van der Waals surface area contributed by atoms with E-state index in [4.69, 9.17) is 4.74 Å². The zero-order chi connectivity index (χ0) is 18.9. The van der Waals surface area contributed by atoms with Gasteiger partial charge in [0.2, 0.25) is 0 Å². The van der Waals surface area contributed by atoms with Gasteiger partial charge in [0.25, 0.3) is 11.8 Å². The van der Waals surface area contributed by atoms with Gasteiger partial charge in [-0.1, -0.05) is 12.1 Å². The fourth-order valence-electron chi connectivity index (χ4n) is 2.94. The standard InChI is InChI=1S/C17H19N3O5S/c1-25-15-10-14(18-13-7-4-3-6-12(13)15)17(22)20-9-5-8-19(20)16(21)11-26(2,23)24/h3-4,6-7,10H,5,8-9,11H2,1-2H3. The highest BCUT2D eigenvalue weighted by Gasteiger charge is 2.33. The SMILES string of the molecule is COc1cc(C(=O)N2CCCN2C(=O)CS(C)(=O)=O)nc2ccccc12. The number of rotatable bonds is 4. The van der Waals surface area contributed by atoms with Crippen molar-refractivity contribution in [3.05, 3.63) is 36.0 Å². The highest BCUT2D eigenvalue weighted by molar-refractivity contribution is 7.91. The van der Waals surface area contributed by atoms with E-state index in [1.807, 2.05) is 12.1 Å². The molecule has 0 N–H and O–H groups in total. The van der Waals surface area contributed by atoms with E-state index in [-0.39, 0.29) is 5.69 Å². The third-order valence-electron chi connectivity index (χ3n) is 4.06. The maximum absolute atomic E-state index is 12.9. The molecule has 2 heterocycles. The van der Waals surface area contributed by atoms with Crippen LogP contribution in [0.4, 0.5) is 0 Å². The normalized spacial score (nSPS) is 14.7. The number of sulfone groups is 1. The molecule has 2 amide bonds. The zero-order valence-corrected chi connectivity index (χ0v) is 15.3. The molecule has 1 aliphatic heterocycles. The van der Waals surface area contributed by atoms with Crippen LogP contribution in [0.3, 0.4) is 0 Å². The summed E-state index contributed by atoms with van der Waals surface area (Å²) in [7, 11) is -1.97. The summed E-state index contributed by atoms with van der Waals surface area (Å²) in [5.74, 6) is -1.21. The fourth-order valence-corrected chi connectivity index (χ4v) is 3.53. The van der Waals surface area contributed by atoms with Gasteiger partial charge >= 0.3 is 0 Å². The van der Waals surface area contributed by atoms with Crippen molar-refractivity contribution in [1.82, 2.24) is 15.0 Å². The predicted molar refractivity (Wildman–Crippen MR) is 95.4 cm³/mol. The second-order valence-electron chi connectivity index (χ2n) is 6.10. The van der Waals surface area contributed by atoms with Gasteiger partial charge in [-0.05, 0) is 18.6 Å². The lowest BCUT2D eigenvalue weighted by atomic mass is 10.1. The van der Waals surface area contributed by atoms with Gasteiger partial charge in [0, 0.05) is 30.8 Å². The number of methoxy groups -OCH3 is 1. The van der Waals surface area contributed by atoms with Crippen molar-refractivity contribution in [2.75, 3.05) is 32.2 Å². The number of aromatic nitrogens is 1. The van der Waals surface area contributed by atoms with E-state index in [1.165, 1.54) is 23.2 Å². The Hall–Kier alpha value is -2.68. The highest BCUT2D eigenvalue weighted by atomic mass is 32.2. The van der Waals surface area contributed by atoms with Crippen molar-refractivity contribution < 1.29 is 22.7 Å². The number of para-hydroxylation sites is 1. The molecule has 1 aromatic heterocycles. The molecule has 0 aliphatic carbocycles. The molecule has 26 heavy (non-hydrogen) atoms. The molecule has 3 rings (SSSR count). The van der Waals surface area contributed by atoms with Crippen molar-refractivity contribution in [2.24, 2.45) is 0 Å². The molecule has 1 aromatic carbocycles. The first kappa shape index (κ1) is 18.1. The first-order valence-electron chi connectivity index (χ1n) is 8.04. The third-order valence-corrected chi connectivity index (χ3v) is 4.83. The van der Waals surface area contributed by atoms with Gasteiger partial charge in [0.15, 0.2) is 9.84 Å². The molecule has 8 nitrogen and oxygen atoms in total. The van der Waals surface area contributed by atoms with Crippen LogP contribution in [0.1, 0.15) is 16.9 Å². The van der Waals surface area contributed by atoms with Gasteiger partial charge < -0.3 is 4.74 Å². The molecule has 1 saturated heterocycles. The Bertz CT molecular complexity index is 974. The van der Waals surface area contributed by atoms with Gasteiger partial charge in [-0.2, -0.15) is 0 Å². The van der Waals surface area contributed by atoms with Crippen LogP contribution in [0.15, 0.2) is 30.3 Å². The van der Waals surface area contributed by atoms with Crippen molar-refractivity contribution in [2.45, 2.75) is 6.42 Å². The summed E-state index contributed by atoms with van der Waals surface area (Å²) in [6.45, 7) is 0.621. The summed E-state index contributed by atoms with van der Waals surface area (Å²) in [5, 5.41) is 3.22. The maximum atomic E-state index is 12.9. The van der Waals surface area contributed by atoms with E-state index < -0.39 is 27.4 Å². The average molecular weight is 377 g/mol. The van der Waals surface area contributed by atoms with Crippen molar-refractivity contribution >= 4 is 32.6 Å². The van der Waals surface area contributed by atoms with Gasteiger partial charge in [-0.3, -0.25) is 14.6 Å². The first-order valence-corrected chi connectivity index (χ1v) is 10.1. The first-order chi connectivity index (χ1) is 12.3. The van der Waals surface area contributed by atoms with Crippen molar-refractivity contribution in [3.63, 3.8) is 0 Å². The summed E-state index contributed by atoms with van der Waals surface area (Å²) in [4.78, 5) is 29.5. The molecule has 0 unspecified atom stereocenters. The van der Waals surface area contributed by atoms with Crippen LogP contribution in [-0.4, -0.2) is 67.4 Å². The number of hydrogen-bond donors (Lipinski definition) is 0. The number of pyridine rings is 1. The average Bonchev–Trinajstić information content (AvgIpc) is 3.08. The number of hydrazine groups is 1. The number of hydrogen-bond acceptors (Lipinski definition) is 6. The van der Waals surface area contributed by atoms with Gasteiger partial charge in [0.1, 0.15) is 17.2 Å². The molecule has 0 spiro atoms. The van der Waals surface area contributed by atoms with E-state index in [0.29, 0.717) is 30.8 Å². The summed E-state index contributed by atoms with van der Waals surface area (Å²) in [6, 6.07) is 8.79. The molecule has 138 valence electrons. The topological polar surface area (TPSA) is 96.9 Å². The van der Waals surface area contributed by atoms with E-state index in [1.54, 1.807) is 12.1 Å². The quantitative estimate of drug-likeness (QED) is 0.785. The monoisotopic (exact) mass is 377 g/mol. The van der Waals surface area contributed by atoms with Gasteiger partial charge in [-0.15, -0.1) is 0 Å². The Kier molecular flexibility index (Phi) is 4.82. The summed E-state index contributed by atoms with van der Waals surface area (Å²) < 4.78 is 28.1. The number of carbonyl (C=O) groups is 2. The smallest absolute Gasteiger partial charge is 0.291 e. The molecule has 2 aromatic rings. The van der Waals surface area contributed by atoms with Crippen LogP contribution >= 0.6 is 0 Å². The third kappa shape index (κ3) is 3.62. The van der Waals surface area contributed by atoms with Gasteiger partial charge in [-0.25, -0.2) is 18.4 Å². The number of nitrogens with zero attached hydrogens (tertiary/aromatic N) is 3. The Labute approximate surface area is 151 Å². The molecule has 0 radical (unpaired) electrons. The van der Waals surface area contributed by atoms with Crippen LogP contribution in [0.5, 0.6) is 5.75 Å². The Morgan fingerprint density at radius 2 is 1.88 bits per heavy atom. The molecule has 0 atom stereocenters. The van der Waals surface area contributed by atoms with Gasteiger partial charge in [0.05, 0.1) is 12.6 Å². The molecule has 1 fully saturated rings. The lowest BCUT2D eigenvalue weighted by Crippen LogP contribution is -2.47. The lowest BCUT2D eigenvalue weighted by molar-refractivity contribution is -0.137. The van der Waals surface area contributed by atoms with E-state index in [9.17, 15) is 18.0 Å². The van der Waals surface area contributed by atoms with E-state index >= 15 is 0 Å². The van der Waals surface area contributed by atoms with Crippen molar-refractivity contribution in [1.29, 1.82) is 0 Å². The Morgan fingerprint density at radius 1 is 1.19 bits per heavy atom. The summed E-state index contributed by atoms with van der Waals surface area (Å²) >= 11 is 0. The maximum Gasteiger partial charge on any atom is 0.291 e. The second kappa shape index (κ2) is 6.91. The Balaban J connectivity index is 1.93. The molecular formula is C17H19N3O5S. The van der Waals surface area contributed by atoms with Crippen LogP contribution in [0.2, 0.25) is 0 Å². The van der Waals surface area contributed by atoms with Crippen LogP contribution in [-0.2, 0) is 14.6 Å². The van der Waals surface area contributed by atoms with Crippen LogP contribution < -0.4 is 4.74 Å². The van der Waals surface area contributed by atoms with Crippen molar-refractivity contribution in [3.8, 4) is 5.75 Å². The molecule has 0 bridgehead atoms. The number of ether oxygens (including phenoxy) is 1. The van der Waals surface area contributed by atoms with Crippen LogP contribution in [0.25, 0.3) is 10.9 Å². The van der Waals surface area contributed by atoms with Crippen LogP contribution in [0, 0.1) is 0 Å². The fraction of sp³-hybridized carbons (Fsp3) is 0.353. The number of amides is 2. The highest BCUT2D eigenvalue weighted by Crippen LogP contribution is 2.26. The van der Waals surface area contributed by atoms with E-state index in [0.717, 1.165) is 11.6 Å². The largest absolute Gasteiger partial charge is 0.496 e. The molecule has 9 heteroatoms. The number of fused-ring (bicyclic) bond motifs is 1.